The third kappa shape index (κ3) is 0.839. The maximum absolute atomic E-state index is 11.3. The number of carbonyl (C=O) groups is 1. The van der Waals surface area contributed by atoms with Crippen LogP contribution in [0.2, 0.25) is 0 Å². The predicted octanol–water partition coefficient (Wildman–Crippen LogP) is 1.74. The zero-order chi connectivity index (χ0) is 9.81. The highest BCUT2D eigenvalue weighted by Crippen LogP contribution is 2.70. The number of rotatable bonds is 0. The zero-order valence-electron chi connectivity index (χ0n) is 8.49. The van der Waals surface area contributed by atoms with E-state index in [0.29, 0.717) is 10.8 Å². The van der Waals surface area contributed by atoms with Crippen molar-refractivity contribution in [3.63, 3.8) is 0 Å². The van der Waals surface area contributed by atoms with Crippen LogP contribution in [0.5, 0.6) is 0 Å². The highest BCUT2D eigenvalue weighted by molar-refractivity contribution is 5.73. The van der Waals surface area contributed by atoms with Crippen molar-refractivity contribution in [2.24, 2.45) is 10.8 Å². The molecule has 0 radical (unpaired) electrons. The van der Waals surface area contributed by atoms with Crippen LogP contribution in [0.4, 0.5) is 0 Å². The van der Waals surface area contributed by atoms with Crippen molar-refractivity contribution in [2.45, 2.75) is 19.8 Å². The Morgan fingerprint density at radius 3 is 2.71 bits per heavy atom. The lowest BCUT2D eigenvalue weighted by Crippen LogP contribution is -2.42. The molecule has 0 aromatic heterocycles. The normalized spacial score (nSPS) is 43.1. The first-order valence-electron chi connectivity index (χ1n) is 5.30. The van der Waals surface area contributed by atoms with Gasteiger partial charge in [0.1, 0.15) is 0 Å². The first-order valence-corrected chi connectivity index (χ1v) is 5.30. The van der Waals surface area contributed by atoms with Gasteiger partial charge in [0.05, 0.1) is 0 Å². The summed E-state index contributed by atoms with van der Waals surface area (Å²) in [7, 11) is 0. The van der Waals surface area contributed by atoms with Crippen molar-refractivity contribution in [3.05, 3.63) is 24.3 Å². The monoisotopic (exact) mass is 189 g/mol. The summed E-state index contributed by atoms with van der Waals surface area (Å²) in [5.74, 6) is 0.225. The van der Waals surface area contributed by atoms with Crippen LogP contribution in [0.25, 0.3) is 0 Å². The standard InChI is InChI=1S/C12H15NO/c1-10(14)13-7-6-11-4-2-3-5-12(11,8-11)9-13/h2-5H,6-9H2,1H3. The van der Waals surface area contributed by atoms with Crippen LogP contribution in [0, 0.1) is 10.8 Å². The molecule has 1 saturated heterocycles. The molecule has 2 nitrogen and oxygen atoms in total. The molecule has 1 heterocycles. The molecular weight excluding hydrogens is 174 g/mol. The number of amides is 1. The van der Waals surface area contributed by atoms with Gasteiger partial charge in [-0.2, -0.15) is 0 Å². The van der Waals surface area contributed by atoms with Crippen LogP contribution in [0.1, 0.15) is 19.8 Å². The van der Waals surface area contributed by atoms with Crippen molar-refractivity contribution < 1.29 is 4.79 Å². The van der Waals surface area contributed by atoms with Crippen molar-refractivity contribution in [1.29, 1.82) is 0 Å². The molecule has 1 aliphatic heterocycles. The molecule has 2 heteroatoms. The van der Waals surface area contributed by atoms with E-state index in [1.54, 1.807) is 6.92 Å². The lowest BCUT2D eigenvalue weighted by Gasteiger charge is -2.36. The van der Waals surface area contributed by atoms with Crippen LogP contribution in [0.15, 0.2) is 24.3 Å². The van der Waals surface area contributed by atoms with E-state index in [9.17, 15) is 4.79 Å². The first-order chi connectivity index (χ1) is 6.68. The predicted molar refractivity (Wildman–Crippen MR) is 54.6 cm³/mol. The molecule has 14 heavy (non-hydrogen) atoms. The minimum absolute atomic E-state index is 0.225. The number of hydrogen-bond donors (Lipinski definition) is 0. The average Bonchev–Trinajstić information content (AvgIpc) is 2.85. The molecule has 1 amide bonds. The Kier molecular flexibility index (Phi) is 1.36. The Balaban J connectivity index is 1.89. The second kappa shape index (κ2) is 2.30. The van der Waals surface area contributed by atoms with Crippen LogP contribution in [0.3, 0.4) is 0 Å². The molecule has 0 N–H and O–H groups in total. The summed E-state index contributed by atoms with van der Waals surface area (Å²) < 4.78 is 0. The summed E-state index contributed by atoms with van der Waals surface area (Å²) in [4.78, 5) is 13.3. The minimum Gasteiger partial charge on any atom is -0.342 e. The molecule has 0 aromatic rings. The molecule has 3 aliphatic rings. The Morgan fingerprint density at radius 1 is 1.29 bits per heavy atom. The lowest BCUT2D eigenvalue weighted by molar-refractivity contribution is -0.130. The summed E-state index contributed by atoms with van der Waals surface area (Å²) >= 11 is 0. The molecule has 2 atom stereocenters. The Hall–Kier alpha value is -1.05. The number of allylic oxidation sites excluding steroid dienone is 3. The van der Waals surface area contributed by atoms with Gasteiger partial charge in [-0.1, -0.05) is 24.3 Å². The summed E-state index contributed by atoms with van der Waals surface area (Å²) in [6.45, 7) is 3.55. The molecule has 2 unspecified atom stereocenters. The molecule has 0 spiro atoms. The number of nitrogens with zero attached hydrogens (tertiary/aromatic N) is 1. The number of likely N-dealkylation sites (tertiary alicyclic amines) is 1. The number of piperidine rings is 1. The van der Waals surface area contributed by atoms with E-state index in [1.807, 2.05) is 4.90 Å². The quantitative estimate of drug-likeness (QED) is 0.568. The first kappa shape index (κ1) is 8.27. The molecule has 2 aliphatic carbocycles. The highest BCUT2D eigenvalue weighted by atomic mass is 16.2. The number of hydrogen-bond acceptors (Lipinski definition) is 1. The van der Waals surface area contributed by atoms with Crippen molar-refractivity contribution >= 4 is 5.91 Å². The molecule has 0 aromatic carbocycles. The Morgan fingerprint density at radius 2 is 2.00 bits per heavy atom. The zero-order valence-corrected chi connectivity index (χ0v) is 8.49. The van der Waals surface area contributed by atoms with Gasteiger partial charge in [0.15, 0.2) is 0 Å². The van der Waals surface area contributed by atoms with Gasteiger partial charge < -0.3 is 4.90 Å². The Labute approximate surface area is 84.3 Å². The van der Waals surface area contributed by atoms with Gasteiger partial charge in [-0.3, -0.25) is 4.79 Å². The molecule has 3 rings (SSSR count). The summed E-state index contributed by atoms with van der Waals surface area (Å²) in [5.41, 5.74) is 0.735. The van der Waals surface area contributed by atoms with E-state index in [4.69, 9.17) is 0 Å². The maximum Gasteiger partial charge on any atom is 0.219 e. The average molecular weight is 189 g/mol. The van der Waals surface area contributed by atoms with Gasteiger partial charge >= 0.3 is 0 Å². The molecular formula is C12H15NO. The second-order valence-corrected chi connectivity index (χ2v) is 4.90. The van der Waals surface area contributed by atoms with Crippen LogP contribution < -0.4 is 0 Å². The van der Waals surface area contributed by atoms with Crippen molar-refractivity contribution in [3.8, 4) is 0 Å². The minimum atomic E-state index is 0.225. The van der Waals surface area contributed by atoms with Gasteiger partial charge in [0.2, 0.25) is 5.91 Å². The van der Waals surface area contributed by atoms with E-state index in [2.05, 4.69) is 24.3 Å². The topological polar surface area (TPSA) is 20.3 Å². The second-order valence-electron chi connectivity index (χ2n) is 4.90. The SMILES string of the molecule is CC(=O)N1CCC23C=CC=CC2(C1)C3. The van der Waals surface area contributed by atoms with Gasteiger partial charge in [-0.25, -0.2) is 0 Å². The summed E-state index contributed by atoms with van der Waals surface area (Å²) in [6, 6.07) is 0. The maximum atomic E-state index is 11.3. The molecule has 2 fully saturated rings. The molecule has 1 saturated carbocycles. The van der Waals surface area contributed by atoms with E-state index in [0.717, 1.165) is 19.5 Å². The Bertz CT molecular complexity index is 357. The van der Waals surface area contributed by atoms with Crippen LogP contribution in [-0.2, 0) is 4.79 Å². The largest absolute Gasteiger partial charge is 0.342 e. The van der Waals surface area contributed by atoms with Crippen molar-refractivity contribution in [1.82, 2.24) is 4.90 Å². The fourth-order valence-corrected chi connectivity index (χ4v) is 3.16. The van der Waals surface area contributed by atoms with Gasteiger partial charge in [0, 0.05) is 30.8 Å². The van der Waals surface area contributed by atoms with E-state index in [1.165, 1.54) is 6.42 Å². The third-order valence-corrected chi connectivity index (χ3v) is 4.19. The molecule has 0 bridgehead atoms. The van der Waals surface area contributed by atoms with Gasteiger partial charge in [0.25, 0.3) is 0 Å². The molecule has 74 valence electrons. The van der Waals surface area contributed by atoms with Crippen LogP contribution >= 0.6 is 0 Å². The highest BCUT2D eigenvalue weighted by Gasteiger charge is 2.66. The van der Waals surface area contributed by atoms with E-state index in [-0.39, 0.29) is 5.91 Å². The number of carbonyl (C=O) groups excluding carboxylic acids is 1. The van der Waals surface area contributed by atoms with Crippen LogP contribution in [-0.4, -0.2) is 23.9 Å². The fourth-order valence-electron chi connectivity index (χ4n) is 3.16. The fraction of sp³-hybridized carbons (Fsp3) is 0.583. The van der Waals surface area contributed by atoms with E-state index < -0.39 is 0 Å². The van der Waals surface area contributed by atoms with E-state index >= 15 is 0 Å². The third-order valence-electron chi connectivity index (χ3n) is 4.19. The summed E-state index contributed by atoms with van der Waals surface area (Å²) in [5, 5.41) is 0. The van der Waals surface area contributed by atoms with Gasteiger partial charge in [-0.15, -0.1) is 0 Å². The van der Waals surface area contributed by atoms with Gasteiger partial charge in [-0.05, 0) is 12.8 Å². The summed E-state index contributed by atoms with van der Waals surface area (Å²) in [6.07, 6.45) is 11.3. The smallest absolute Gasteiger partial charge is 0.219 e. The lowest BCUT2D eigenvalue weighted by atomic mass is 9.83. The van der Waals surface area contributed by atoms with Crippen molar-refractivity contribution in [2.75, 3.05) is 13.1 Å².